The topological polar surface area (TPSA) is 40.5 Å². The highest BCUT2D eigenvalue weighted by Crippen LogP contribution is 2.36. The van der Waals surface area contributed by atoms with Crippen molar-refractivity contribution >= 4 is 0 Å². The van der Waals surface area contributed by atoms with Gasteiger partial charge >= 0.3 is 0 Å². The molecule has 0 aliphatic heterocycles. The summed E-state index contributed by atoms with van der Waals surface area (Å²) in [6, 6.07) is 13.6. The van der Waals surface area contributed by atoms with Crippen LogP contribution in [-0.4, -0.2) is 10.2 Å². The van der Waals surface area contributed by atoms with Crippen LogP contribution in [0.15, 0.2) is 42.5 Å². The lowest BCUT2D eigenvalue weighted by Gasteiger charge is -2.26. The highest BCUT2D eigenvalue weighted by Gasteiger charge is 2.23. The number of aromatic hydroxyl groups is 1. The Morgan fingerprint density at radius 3 is 1.67 bits per heavy atom. The van der Waals surface area contributed by atoms with Crippen molar-refractivity contribution in [2.24, 2.45) is 0 Å². The molecule has 0 amide bonds. The van der Waals surface area contributed by atoms with E-state index in [1.165, 1.54) is 11.1 Å². The van der Waals surface area contributed by atoms with Crippen molar-refractivity contribution in [2.75, 3.05) is 0 Å². The van der Waals surface area contributed by atoms with Crippen LogP contribution in [-0.2, 0) is 17.4 Å². The molecule has 2 heteroatoms. The molecule has 0 atom stereocenters. The number of phenols is 1. The van der Waals surface area contributed by atoms with Gasteiger partial charge in [-0.05, 0) is 46.1 Å². The van der Waals surface area contributed by atoms with Gasteiger partial charge in [0, 0.05) is 0 Å². The van der Waals surface area contributed by atoms with Crippen molar-refractivity contribution in [3.8, 4) is 5.75 Å². The van der Waals surface area contributed by atoms with Crippen molar-refractivity contribution in [3.63, 3.8) is 0 Å². The summed E-state index contributed by atoms with van der Waals surface area (Å²) in [6.07, 6.45) is 0. The number of hydrogen-bond acceptors (Lipinski definition) is 2. The van der Waals surface area contributed by atoms with Gasteiger partial charge in [-0.3, -0.25) is 0 Å². The van der Waals surface area contributed by atoms with Crippen molar-refractivity contribution < 1.29 is 10.2 Å². The molecule has 0 saturated carbocycles. The van der Waals surface area contributed by atoms with Crippen molar-refractivity contribution in [1.29, 1.82) is 0 Å². The van der Waals surface area contributed by atoms with Crippen LogP contribution in [0.3, 0.4) is 0 Å². The molecule has 0 spiro atoms. The number of aryl methyl sites for hydroxylation is 1. The first-order valence-electron chi connectivity index (χ1n) is 8.46. The molecule has 0 aromatic heterocycles. The lowest BCUT2D eigenvalue weighted by atomic mass is 9.79. The average molecular weight is 328 g/mol. The zero-order valence-electron chi connectivity index (χ0n) is 16.1. The van der Waals surface area contributed by atoms with Crippen molar-refractivity contribution in [1.82, 2.24) is 0 Å². The molecule has 2 aromatic carbocycles. The maximum absolute atomic E-state index is 10.1. The second-order valence-electron chi connectivity index (χ2n) is 8.33. The second-order valence-corrected chi connectivity index (χ2v) is 8.33. The van der Waals surface area contributed by atoms with Crippen molar-refractivity contribution in [3.05, 3.63) is 64.7 Å². The van der Waals surface area contributed by atoms with E-state index in [1.54, 1.807) is 0 Å². The zero-order chi connectivity index (χ0) is 18.5. The fourth-order valence-electron chi connectivity index (χ4n) is 2.69. The normalized spacial score (nSPS) is 11.7. The van der Waals surface area contributed by atoms with Crippen LogP contribution in [0, 0.1) is 6.92 Å². The van der Waals surface area contributed by atoms with E-state index in [0.29, 0.717) is 5.75 Å². The Bertz CT molecular complexity index is 604. The van der Waals surface area contributed by atoms with Gasteiger partial charge in [0.25, 0.3) is 0 Å². The monoisotopic (exact) mass is 328 g/mol. The van der Waals surface area contributed by atoms with E-state index >= 15 is 0 Å². The molecule has 2 N–H and O–H groups in total. The number of aliphatic hydroxyl groups is 1. The van der Waals surface area contributed by atoms with Gasteiger partial charge in [0.1, 0.15) is 5.75 Å². The molecule has 0 aliphatic carbocycles. The number of aliphatic hydroxyl groups excluding tert-OH is 1. The van der Waals surface area contributed by atoms with Crippen LogP contribution in [0.1, 0.15) is 63.8 Å². The molecule has 2 aromatic rings. The minimum absolute atomic E-state index is 0.00867. The van der Waals surface area contributed by atoms with E-state index < -0.39 is 0 Å². The van der Waals surface area contributed by atoms with Crippen molar-refractivity contribution in [2.45, 2.75) is 65.9 Å². The molecule has 2 nitrogen and oxygen atoms in total. The van der Waals surface area contributed by atoms with Crippen LogP contribution in [0.4, 0.5) is 0 Å². The third-order valence-electron chi connectivity index (χ3n) is 3.98. The predicted octanol–water partition coefficient (Wildman–Crippen LogP) is 5.47. The summed E-state index contributed by atoms with van der Waals surface area (Å²) in [5.41, 5.74) is 4.54. The van der Waals surface area contributed by atoms with Gasteiger partial charge in [-0.1, -0.05) is 77.9 Å². The van der Waals surface area contributed by atoms with Gasteiger partial charge in [0.05, 0.1) is 6.61 Å². The van der Waals surface area contributed by atoms with Crippen LogP contribution in [0.2, 0.25) is 0 Å². The lowest BCUT2D eigenvalue weighted by Crippen LogP contribution is -2.16. The molecule has 0 radical (unpaired) electrons. The molecule has 132 valence electrons. The fraction of sp³-hybridized carbons (Fsp3) is 0.455. The van der Waals surface area contributed by atoms with Crippen LogP contribution < -0.4 is 0 Å². The van der Waals surface area contributed by atoms with E-state index in [2.05, 4.69) is 54.5 Å². The summed E-state index contributed by atoms with van der Waals surface area (Å²) in [6.45, 7) is 15.1. The van der Waals surface area contributed by atoms with E-state index in [-0.39, 0.29) is 17.4 Å². The van der Waals surface area contributed by atoms with Gasteiger partial charge in [-0.25, -0.2) is 0 Å². The number of phenolic OH excluding ortho intramolecular Hbond substituents is 1. The van der Waals surface area contributed by atoms with Gasteiger partial charge in [0.2, 0.25) is 0 Å². The quantitative estimate of drug-likeness (QED) is 0.728. The third kappa shape index (κ3) is 5.68. The third-order valence-corrected chi connectivity index (χ3v) is 3.98. The SMILES string of the molecule is Cc1cc(C(C)(C)C)c(O)cc1C(C)(C)C.OCc1ccccc1. The van der Waals surface area contributed by atoms with Gasteiger partial charge < -0.3 is 10.2 Å². The van der Waals surface area contributed by atoms with E-state index in [4.69, 9.17) is 5.11 Å². The number of rotatable bonds is 1. The smallest absolute Gasteiger partial charge is 0.119 e. The second kappa shape index (κ2) is 7.85. The Balaban J connectivity index is 0.000000300. The molecule has 24 heavy (non-hydrogen) atoms. The molecule has 2 rings (SSSR count). The highest BCUT2D eigenvalue weighted by atomic mass is 16.3. The molecule has 0 bridgehead atoms. The summed E-state index contributed by atoms with van der Waals surface area (Å²) in [7, 11) is 0. The summed E-state index contributed by atoms with van der Waals surface area (Å²) in [4.78, 5) is 0. The predicted molar refractivity (Wildman–Crippen MR) is 103 cm³/mol. The Kier molecular flexibility index (Phi) is 6.62. The van der Waals surface area contributed by atoms with Gasteiger partial charge in [-0.15, -0.1) is 0 Å². The van der Waals surface area contributed by atoms with Gasteiger partial charge in [-0.2, -0.15) is 0 Å². The van der Waals surface area contributed by atoms with Crippen LogP contribution in [0.25, 0.3) is 0 Å². The standard InChI is InChI=1S/C15H24O.C7H8O/c1-10-8-12(15(5,6)7)13(16)9-11(10)14(2,3)4;8-6-7-4-2-1-3-5-7/h8-9,16H,1-7H3;1-5,8H,6H2. The first-order chi connectivity index (χ1) is 11.0. The maximum atomic E-state index is 10.1. The Morgan fingerprint density at radius 2 is 1.29 bits per heavy atom. The van der Waals surface area contributed by atoms with Crippen LogP contribution >= 0.6 is 0 Å². The molecular formula is C22H32O2. The molecular weight excluding hydrogens is 296 g/mol. The Labute approximate surface area is 147 Å². The molecule has 0 unspecified atom stereocenters. The molecule has 0 aliphatic rings. The summed E-state index contributed by atoms with van der Waals surface area (Å²) in [5.74, 6) is 0.419. The van der Waals surface area contributed by atoms with E-state index in [1.807, 2.05) is 36.4 Å². The Hall–Kier alpha value is -1.80. The molecule has 0 saturated heterocycles. The first kappa shape index (κ1) is 20.2. The Morgan fingerprint density at radius 1 is 0.792 bits per heavy atom. The average Bonchev–Trinajstić information content (AvgIpc) is 2.48. The minimum Gasteiger partial charge on any atom is -0.508 e. The van der Waals surface area contributed by atoms with E-state index in [0.717, 1.165) is 11.1 Å². The summed E-state index contributed by atoms with van der Waals surface area (Å²) < 4.78 is 0. The number of benzene rings is 2. The lowest BCUT2D eigenvalue weighted by molar-refractivity contribution is 0.282. The maximum Gasteiger partial charge on any atom is 0.119 e. The summed E-state index contributed by atoms with van der Waals surface area (Å²) in [5, 5.41) is 18.7. The minimum atomic E-state index is -0.00867. The van der Waals surface area contributed by atoms with Gasteiger partial charge in [0.15, 0.2) is 0 Å². The zero-order valence-corrected chi connectivity index (χ0v) is 16.1. The van der Waals surface area contributed by atoms with Crippen LogP contribution in [0.5, 0.6) is 5.75 Å². The largest absolute Gasteiger partial charge is 0.508 e. The number of hydrogen-bond donors (Lipinski definition) is 2. The fourth-order valence-corrected chi connectivity index (χ4v) is 2.69. The van der Waals surface area contributed by atoms with E-state index in [9.17, 15) is 5.11 Å². The summed E-state index contributed by atoms with van der Waals surface area (Å²) >= 11 is 0. The molecule has 0 heterocycles. The highest BCUT2D eigenvalue weighted by molar-refractivity contribution is 5.47. The first-order valence-corrected chi connectivity index (χ1v) is 8.46. The molecule has 0 fully saturated rings.